The molecule has 0 spiro atoms. The Hall–Kier alpha value is -3.28. The molecule has 0 atom stereocenters. The second-order valence-electron chi connectivity index (χ2n) is 6.40. The highest BCUT2D eigenvalue weighted by Gasteiger charge is 2.14. The molecule has 0 fully saturated rings. The summed E-state index contributed by atoms with van der Waals surface area (Å²) in [5.74, 6) is 0.282. The molecule has 27 heavy (non-hydrogen) atoms. The summed E-state index contributed by atoms with van der Waals surface area (Å²) in [6.07, 6.45) is 0. The van der Waals surface area contributed by atoms with Crippen molar-refractivity contribution in [3.05, 3.63) is 77.7 Å². The summed E-state index contributed by atoms with van der Waals surface area (Å²) in [7, 11) is 0. The van der Waals surface area contributed by atoms with Crippen LogP contribution in [0.4, 0.5) is 10.2 Å². The van der Waals surface area contributed by atoms with Gasteiger partial charge in [0.05, 0.1) is 0 Å². The summed E-state index contributed by atoms with van der Waals surface area (Å²) >= 11 is 0. The number of carbonyl (C=O) groups excluding carboxylic acids is 1. The first-order valence-electron chi connectivity index (χ1n) is 8.75. The molecule has 0 radical (unpaired) electrons. The van der Waals surface area contributed by atoms with E-state index in [0.29, 0.717) is 17.2 Å². The van der Waals surface area contributed by atoms with Gasteiger partial charge in [0.2, 0.25) is 0 Å². The minimum absolute atomic E-state index is 0.0864. The van der Waals surface area contributed by atoms with Crippen molar-refractivity contribution in [1.82, 2.24) is 15.3 Å². The van der Waals surface area contributed by atoms with Gasteiger partial charge in [-0.2, -0.15) is 0 Å². The van der Waals surface area contributed by atoms with Crippen molar-refractivity contribution in [2.45, 2.75) is 26.4 Å². The number of carbonyl (C=O) groups is 1. The molecule has 0 aliphatic rings. The lowest BCUT2D eigenvalue weighted by molar-refractivity contribution is 0.0945. The zero-order valence-corrected chi connectivity index (χ0v) is 15.2. The van der Waals surface area contributed by atoms with E-state index in [0.717, 1.165) is 5.56 Å². The summed E-state index contributed by atoms with van der Waals surface area (Å²) in [6.45, 7) is 4.06. The lowest BCUT2D eigenvalue weighted by Crippen LogP contribution is -2.25. The van der Waals surface area contributed by atoms with Gasteiger partial charge in [0.25, 0.3) is 5.91 Å². The number of amides is 1. The SMILES string of the molecule is CC(C)Nc1cc(C(=O)NCc2ccccc2F)nc(-c2ccccc2)n1. The number of benzene rings is 2. The molecule has 1 aromatic heterocycles. The number of nitrogens with zero attached hydrogens (tertiary/aromatic N) is 2. The maximum atomic E-state index is 13.7. The maximum Gasteiger partial charge on any atom is 0.270 e. The number of nitrogens with one attached hydrogen (secondary N) is 2. The van der Waals surface area contributed by atoms with Crippen LogP contribution in [-0.2, 0) is 6.54 Å². The molecule has 3 rings (SSSR count). The average molecular weight is 364 g/mol. The minimum atomic E-state index is -0.385. The number of halogens is 1. The third-order valence-electron chi connectivity index (χ3n) is 3.82. The van der Waals surface area contributed by atoms with E-state index in [9.17, 15) is 9.18 Å². The quantitative estimate of drug-likeness (QED) is 0.693. The Labute approximate surface area is 157 Å². The fourth-order valence-electron chi connectivity index (χ4n) is 2.56. The highest BCUT2D eigenvalue weighted by atomic mass is 19.1. The Morgan fingerprint density at radius 2 is 1.74 bits per heavy atom. The molecule has 0 bridgehead atoms. The van der Waals surface area contributed by atoms with Crippen LogP contribution in [0.15, 0.2) is 60.7 Å². The molecule has 5 nitrogen and oxygen atoms in total. The van der Waals surface area contributed by atoms with E-state index in [1.807, 2.05) is 44.2 Å². The fourth-order valence-corrected chi connectivity index (χ4v) is 2.56. The zero-order valence-electron chi connectivity index (χ0n) is 15.2. The Balaban J connectivity index is 1.86. The molecule has 1 amide bonds. The molecule has 0 unspecified atom stereocenters. The minimum Gasteiger partial charge on any atom is -0.368 e. The van der Waals surface area contributed by atoms with Crippen molar-refractivity contribution in [1.29, 1.82) is 0 Å². The highest BCUT2D eigenvalue weighted by molar-refractivity contribution is 5.93. The van der Waals surface area contributed by atoms with E-state index in [-0.39, 0.29) is 30.0 Å². The molecular formula is C21H21FN4O. The van der Waals surface area contributed by atoms with Crippen LogP contribution in [0, 0.1) is 5.82 Å². The largest absolute Gasteiger partial charge is 0.368 e. The van der Waals surface area contributed by atoms with E-state index < -0.39 is 0 Å². The smallest absolute Gasteiger partial charge is 0.270 e. The van der Waals surface area contributed by atoms with E-state index in [1.54, 1.807) is 24.3 Å². The molecule has 6 heteroatoms. The molecule has 3 aromatic rings. The predicted octanol–water partition coefficient (Wildman–Crippen LogP) is 4.03. The summed E-state index contributed by atoms with van der Waals surface area (Å²) in [6, 6.07) is 17.5. The first kappa shape index (κ1) is 18.5. The van der Waals surface area contributed by atoms with Crippen molar-refractivity contribution in [3.63, 3.8) is 0 Å². The summed E-state index contributed by atoms with van der Waals surface area (Å²) in [4.78, 5) is 21.5. The van der Waals surface area contributed by atoms with Crippen molar-refractivity contribution >= 4 is 11.7 Å². The summed E-state index contributed by atoms with van der Waals surface area (Å²) < 4.78 is 13.7. The lowest BCUT2D eigenvalue weighted by Gasteiger charge is -2.12. The molecule has 2 N–H and O–H groups in total. The number of aromatic nitrogens is 2. The monoisotopic (exact) mass is 364 g/mol. The van der Waals surface area contributed by atoms with Crippen LogP contribution >= 0.6 is 0 Å². The number of hydrogen-bond donors (Lipinski definition) is 2. The van der Waals surface area contributed by atoms with Gasteiger partial charge < -0.3 is 10.6 Å². The molecule has 138 valence electrons. The normalized spacial score (nSPS) is 10.7. The molecule has 2 aromatic carbocycles. The predicted molar refractivity (Wildman–Crippen MR) is 104 cm³/mol. The Morgan fingerprint density at radius 3 is 2.44 bits per heavy atom. The van der Waals surface area contributed by atoms with Gasteiger partial charge >= 0.3 is 0 Å². The molecule has 0 aliphatic carbocycles. The van der Waals surface area contributed by atoms with Crippen molar-refractivity contribution in [3.8, 4) is 11.4 Å². The van der Waals surface area contributed by atoms with Crippen LogP contribution in [0.2, 0.25) is 0 Å². The van der Waals surface area contributed by atoms with Gasteiger partial charge in [-0.25, -0.2) is 14.4 Å². The van der Waals surface area contributed by atoms with Gasteiger partial charge in [-0.05, 0) is 19.9 Å². The van der Waals surface area contributed by atoms with Gasteiger partial charge in [0, 0.05) is 29.8 Å². The van der Waals surface area contributed by atoms with Crippen LogP contribution in [0.25, 0.3) is 11.4 Å². The Kier molecular flexibility index (Phi) is 5.76. The first-order valence-corrected chi connectivity index (χ1v) is 8.75. The summed E-state index contributed by atoms with van der Waals surface area (Å²) in [5, 5.41) is 5.92. The molecule has 1 heterocycles. The average Bonchev–Trinajstić information content (AvgIpc) is 2.67. The van der Waals surface area contributed by atoms with Gasteiger partial charge in [-0.15, -0.1) is 0 Å². The fraction of sp³-hybridized carbons (Fsp3) is 0.190. The maximum absolute atomic E-state index is 13.7. The summed E-state index contributed by atoms with van der Waals surface area (Å²) in [5.41, 5.74) is 1.46. The highest BCUT2D eigenvalue weighted by Crippen LogP contribution is 2.18. The number of rotatable bonds is 6. The third-order valence-corrected chi connectivity index (χ3v) is 3.82. The van der Waals surface area contributed by atoms with Crippen LogP contribution in [-0.4, -0.2) is 21.9 Å². The van der Waals surface area contributed by atoms with Crippen LogP contribution < -0.4 is 10.6 Å². The van der Waals surface area contributed by atoms with Crippen molar-refractivity contribution in [2.24, 2.45) is 0 Å². The second-order valence-corrected chi connectivity index (χ2v) is 6.40. The van der Waals surface area contributed by atoms with Crippen molar-refractivity contribution < 1.29 is 9.18 Å². The first-order chi connectivity index (χ1) is 13.0. The van der Waals surface area contributed by atoms with Gasteiger partial charge in [0.1, 0.15) is 17.3 Å². The topological polar surface area (TPSA) is 66.9 Å². The van der Waals surface area contributed by atoms with E-state index in [4.69, 9.17) is 0 Å². The molecular weight excluding hydrogens is 343 g/mol. The molecule has 0 saturated heterocycles. The Morgan fingerprint density at radius 1 is 1.04 bits per heavy atom. The number of anilines is 1. The van der Waals surface area contributed by atoms with Crippen molar-refractivity contribution in [2.75, 3.05) is 5.32 Å². The second kappa shape index (κ2) is 8.40. The van der Waals surface area contributed by atoms with Gasteiger partial charge in [-0.3, -0.25) is 4.79 Å². The standard InChI is InChI=1S/C21H21FN4O/c1-14(2)24-19-12-18(25-20(26-19)15-8-4-3-5-9-15)21(27)23-13-16-10-6-7-11-17(16)22/h3-12,14H,13H2,1-2H3,(H,23,27)(H,24,25,26). The van der Waals surface area contributed by atoms with Crippen LogP contribution in [0.3, 0.4) is 0 Å². The van der Waals surface area contributed by atoms with E-state index >= 15 is 0 Å². The zero-order chi connectivity index (χ0) is 19.2. The van der Waals surface area contributed by atoms with Crippen LogP contribution in [0.1, 0.15) is 29.9 Å². The Bertz CT molecular complexity index is 928. The number of hydrogen-bond acceptors (Lipinski definition) is 4. The van der Waals surface area contributed by atoms with E-state index in [1.165, 1.54) is 6.07 Å². The molecule has 0 aliphatic heterocycles. The van der Waals surface area contributed by atoms with E-state index in [2.05, 4.69) is 20.6 Å². The van der Waals surface area contributed by atoms with Gasteiger partial charge in [0.15, 0.2) is 5.82 Å². The van der Waals surface area contributed by atoms with Crippen LogP contribution in [0.5, 0.6) is 0 Å². The van der Waals surface area contributed by atoms with Gasteiger partial charge in [-0.1, -0.05) is 48.5 Å². The lowest BCUT2D eigenvalue weighted by atomic mass is 10.2. The molecule has 0 saturated carbocycles. The third kappa shape index (κ3) is 4.88.